The summed E-state index contributed by atoms with van der Waals surface area (Å²) in [5, 5.41) is 7.18. The summed E-state index contributed by atoms with van der Waals surface area (Å²) in [6.07, 6.45) is 0. The standard InChI is InChI=1S/C15H15BrF2N2S.ClH/c16-11-1-2-12(17)13(14(11)18)15(10-3-8-21-9-10)20-6-4-19-5-7-20;/h1-3,8-9,15,19H,4-7H2;1H/t15-;/m0./s1. The molecule has 2 nitrogen and oxygen atoms in total. The molecule has 2 aromatic rings. The number of nitrogens with one attached hydrogen (secondary N) is 1. The van der Waals surface area contributed by atoms with E-state index in [1.165, 1.54) is 12.1 Å². The van der Waals surface area contributed by atoms with Crippen molar-refractivity contribution < 1.29 is 8.78 Å². The van der Waals surface area contributed by atoms with E-state index in [0.717, 1.165) is 31.7 Å². The average Bonchev–Trinajstić information content (AvgIpc) is 3.02. The molecule has 22 heavy (non-hydrogen) atoms. The zero-order chi connectivity index (χ0) is 14.8. The lowest BCUT2D eigenvalue weighted by molar-refractivity contribution is 0.192. The van der Waals surface area contributed by atoms with Gasteiger partial charge in [0.25, 0.3) is 0 Å². The van der Waals surface area contributed by atoms with Crippen molar-refractivity contribution in [3.63, 3.8) is 0 Å². The molecule has 3 rings (SSSR count). The molecular formula is C15H16BrClF2N2S. The third kappa shape index (κ3) is 3.51. The number of thiophene rings is 1. The van der Waals surface area contributed by atoms with Crippen LogP contribution in [0.2, 0.25) is 0 Å². The van der Waals surface area contributed by atoms with Gasteiger partial charge in [0.05, 0.1) is 10.5 Å². The number of nitrogens with zero attached hydrogens (tertiary/aromatic N) is 1. The molecule has 1 fully saturated rings. The Morgan fingerprint density at radius 1 is 1.18 bits per heavy atom. The molecule has 7 heteroatoms. The minimum Gasteiger partial charge on any atom is -0.314 e. The summed E-state index contributed by atoms with van der Waals surface area (Å²) >= 11 is 4.71. The van der Waals surface area contributed by atoms with E-state index in [0.29, 0.717) is 4.47 Å². The van der Waals surface area contributed by atoms with Crippen LogP contribution in [-0.4, -0.2) is 31.1 Å². The Labute approximate surface area is 147 Å². The first-order chi connectivity index (χ1) is 10.2. The van der Waals surface area contributed by atoms with E-state index in [2.05, 4.69) is 26.1 Å². The van der Waals surface area contributed by atoms with E-state index in [9.17, 15) is 8.78 Å². The first kappa shape index (κ1) is 17.8. The monoisotopic (exact) mass is 408 g/mol. The van der Waals surface area contributed by atoms with Crippen molar-refractivity contribution in [1.82, 2.24) is 10.2 Å². The highest BCUT2D eigenvalue weighted by Gasteiger charge is 2.30. The van der Waals surface area contributed by atoms with E-state index >= 15 is 0 Å². The summed E-state index contributed by atoms with van der Waals surface area (Å²) in [5.41, 5.74) is 1.07. The fraction of sp³-hybridized carbons (Fsp3) is 0.333. The molecule has 1 atom stereocenters. The van der Waals surface area contributed by atoms with Crippen molar-refractivity contribution >= 4 is 39.7 Å². The molecule has 2 heterocycles. The quantitative estimate of drug-likeness (QED) is 0.764. The van der Waals surface area contributed by atoms with Crippen molar-refractivity contribution in [3.05, 3.63) is 56.2 Å². The summed E-state index contributed by atoms with van der Waals surface area (Å²) in [7, 11) is 0. The molecule has 1 saturated heterocycles. The Morgan fingerprint density at radius 2 is 1.91 bits per heavy atom. The van der Waals surface area contributed by atoms with Crippen LogP contribution in [0.15, 0.2) is 33.4 Å². The number of benzene rings is 1. The molecule has 0 unspecified atom stereocenters. The van der Waals surface area contributed by atoms with Crippen LogP contribution in [0.1, 0.15) is 17.2 Å². The predicted molar refractivity (Wildman–Crippen MR) is 91.9 cm³/mol. The maximum absolute atomic E-state index is 14.5. The Balaban J connectivity index is 0.00000176. The summed E-state index contributed by atoms with van der Waals surface area (Å²) in [6.45, 7) is 3.20. The highest BCUT2D eigenvalue weighted by atomic mass is 79.9. The second-order valence-electron chi connectivity index (χ2n) is 5.00. The van der Waals surface area contributed by atoms with Gasteiger partial charge in [-0.2, -0.15) is 11.3 Å². The fourth-order valence-electron chi connectivity index (χ4n) is 2.72. The largest absolute Gasteiger partial charge is 0.314 e. The first-order valence-electron chi connectivity index (χ1n) is 6.78. The lowest BCUT2D eigenvalue weighted by Crippen LogP contribution is -2.45. The first-order valence-corrected chi connectivity index (χ1v) is 8.52. The van der Waals surface area contributed by atoms with Crippen LogP contribution in [0.25, 0.3) is 0 Å². The summed E-state index contributed by atoms with van der Waals surface area (Å²) in [4.78, 5) is 2.13. The van der Waals surface area contributed by atoms with Crippen LogP contribution in [0.4, 0.5) is 8.78 Å². The molecule has 120 valence electrons. The van der Waals surface area contributed by atoms with Gasteiger partial charge in [-0.25, -0.2) is 8.78 Å². The molecule has 1 N–H and O–H groups in total. The van der Waals surface area contributed by atoms with Crippen LogP contribution in [0, 0.1) is 11.6 Å². The SMILES string of the molecule is Cl.Fc1ccc(Br)c(F)c1[C@H](c1ccsc1)N1CCNCC1. The normalized spacial score (nSPS) is 17.0. The van der Waals surface area contributed by atoms with Crippen LogP contribution < -0.4 is 5.32 Å². The van der Waals surface area contributed by atoms with Gasteiger partial charge >= 0.3 is 0 Å². The summed E-state index contributed by atoms with van der Waals surface area (Å²) in [6, 6.07) is 4.30. The number of halogens is 4. The number of piperazine rings is 1. The Bertz CT molecular complexity index is 618. The van der Waals surface area contributed by atoms with Crippen LogP contribution in [0.5, 0.6) is 0 Å². The smallest absolute Gasteiger partial charge is 0.145 e. The molecule has 0 bridgehead atoms. The van der Waals surface area contributed by atoms with Crippen molar-refractivity contribution in [2.45, 2.75) is 6.04 Å². The van der Waals surface area contributed by atoms with Gasteiger partial charge in [-0.3, -0.25) is 4.90 Å². The zero-order valence-electron chi connectivity index (χ0n) is 11.7. The molecule has 1 aliphatic rings. The minimum absolute atomic E-state index is 0. The highest BCUT2D eigenvalue weighted by Crippen LogP contribution is 2.35. The second-order valence-corrected chi connectivity index (χ2v) is 6.64. The number of rotatable bonds is 3. The maximum atomic E-state index is 14.5. The topological polar surface area (TPSA) is 15.3 Å². The van der Waals surface area contributed by atoms with Gasteiger partial charge in [0.15, 0.2) is 0 Å². The van der Waals surface area contributed by atoms with E-state index in [1.807, 2.05) is 16.8 Å². The van der Waals surface area contributed by atoms with Crippen LogP contribution >= 0.6 is 39.7 Å². The molecule has 0 spiro atoms. The van der Waals surface area contributed by atoms with Gasteiger partial charge in [-0.05, 0) is 50.5 Å². The van der Waals surface area contributed by atoms with Crippen LogP contribution in [0.3, 0.4) is 0 Å². The lowest BCUT2D eigenvalue weighted by atomic mass is 9.97. The molecule has 1 aliphatic heterocycles. The van der Waals surface area contributed by atoms with Gasteiger partial charge < -0.3 is 5.32 Å². The van der Waals surface area contributed by atoms with Gasteiger partial charge in [0, 0.05) is 31.7 Å². The van der Waals surface area contributed by atoms with Crippen molar-refractivity contribution in [1.29, 1.82) is 0 Å². The molecule has 1 aromatic carbocycles. The minimum atomic E-state index is -0.510. The Hall–Kier alpha value is -0.530. The Kier molecular flexibility index (Phi) is 6.35. The molecule has 0 amide bonds. The fourth-order valence-corrected chi connectivity index (χ4v) is 3.75. The zero-order valence-corrected chi connectivity index (χ0v) is 14.9. The third-order valence-electron chi connectivity index (χ3n) is 3.73. The number of hydrogen-bond donors (Lipinski definition) is 1. The van der Waals surface area contributed by atoms with Gasteiger partial charge in [-0.15, -0.1) is 12.4 Å². The van der Waals surface area contributed by atoms with Crippen molar-refractivity contribution in [2.75, 3.05) is 26.2 Å². The lowest BCUT2D eigenvalue weighted by Gasteiger charge is -2.35. The molecule has 0 radical (unpaired) electrons. The summed E-state index contributed by atoms with van der Waals surface area (Å²) < 4.78 is 29.2. The van der Waals surface area contributed by atoms with Gasteiger partial charge in [-0.1, -0.05) is 0 Å². The molecule has 1 aromatic heterocycles. The highest BCUT2D eigenvalue weighted by molar-refractivity contribution is 9.10. The molecule has 0 saturated carbocycles. The van der Waals surface area contributed by atoms with Gasteiger partial charge in [0.2, 0.25) is 0 Å². The van der Waals surface area contributed by atoms with Crippen molar-refractivity contribution in [2.24, 2.45) is 0 Å². The van der Waals surface area contributed by atoms with E-state index in [4.69, 9.17) is 0 Å². The molecule has 0 aliphatic carbocycles. The third-order valence-corrected chi connectivity index (χ3v) is 5.04. The number of hydrogen-bond acceptors (Lipinski definition) is 3. The Morgan fingerprint density at radius 3 is 2.55 bits per heavy atom. The van der Waals surface area contributed by atoms with Crippen molar-refractivity contribution in [3.8, 4) is 0 Å². The van der Waals surface area contributed by atoms with E-state index < -0.39 is 11.6 Å². The van der Waals surface area contributed by atoms with Crippen LogP contribution in [-0.2, 0) is 0 Å². The molecular weight excluding hydrogens is 394 g/mol. The maximum Gasteiger partial charge on any atom is 0.145 e. The van der Waals surface area contributed by atoms with E-state index in [-0.39, 0.29) is 24.0 Å². The van der Waals surface area contributed by atoms with Gasteiger partial charge in [0.1, 0.15) is 11.6 Å². The van der Waals surface area contributed by atoms with E-state index in [1.54, 1.807) is 11.3 Å². The second kappa shape index (κ2) is 7.84. The predicted octanol–water partition coefficient (Wildman–Crippen LogP) is 4.21. The average molecular weight is 410 g/mol. The summed E-state index contributed by atoms with van der Waals surface area (Å²) in [5.74, 6) is -1.00.